The summed E-state index contributed by atoms with van der Waals surface area (Å²) in [5.74, 6) is -0.924. The Labute approximate surface area is 209 Å². The summed E-state index contributed by atoms with van der Waals surface area (Å²) in [4.78, 5) is 39.5. The number of aliphatic hydroxyl groups excluding tert-OH is 1. The van der Waals surface area contributed by atoms with Crippen molar-refractivity contribution in [1.82, 2.24) is 20.9 Å². The maximum atomic E-state index is 13.3. The number of methoxy groups -OCH3 is 1. The molecule has 0 saturated carbocycles. The first-order valence-corrected chi connectivity index (χ1v) is 12.1. The monoisotopic (exact) mass is 506 g/mol. The van der Waals surface area contributed by atoms with E-state index in [0.29, 0.717) is 25.1 Å². The van der Waals surface area contributed by atoms with Crippen LogP contribution in [-0.2, 0) is 9.59 Å². The third-order valence-corrected chi connectivity index (χ3v) is 6.66. The number of H-pyrrole nitrogens is 1. The van der Waals surface area contributed by atoms with Gasteiger partial charge < -0.3 is 35.9 Å². The van der Waals surface area contributed by atoms with Gasteiger partial charge in [-0.3, -0.25) is 14.4 Å². The summed E-state index contributed by atoms with van der Waals surface area (Å²) in [5, 5.41) is 29.2. The lowest BCUT2D eigenvalue weighted by molar-refractivity contribution is -0.127. The normalized spacial score (nSPS) is 19.2. The Hall–Kier alpha value is -2.76. The summed E-state index contributed by atoms with van der Waals surface area (Å²) < 4.78 is 5.35. The van der Waals surface area contributed by atoms with E-state index in [4.69, 9.17) is 4.74 Å². The number of aromatic amines is 1. The van der Waals surface area contributed by atoms with Crippen molar-refractivity contribution < 1.29 is 29.3 Å². The first-order valence-electron chi connectivity index (χ1n) is 11.7. The maximum Gasteiger partial charge on any atom is 0.268 e. The third kappa shape index (κ3) is 6.47. The Morgan fingerprint density at radius 2 is 2.06 bits per heavy atom. The zero-order valence-electron chi connectivity index (χ0n) is 20.1. The number of carbonyl (C=O) groups is 3. The van der Waals surface area contributed by atoms with Crippen molar-refractivity contribution in [2.24, 2.45) is 11.8 Å². The van der Waals surface area contributed by atoms with Crippen LogP contribution in [0.25, 0.3) is 10.9 Å². The van der Waals surface area contributed by atoms with Crippen molar-refractivity contribution in [3.05, 3.63) is 30.0 Å². The van der Waals surface area contributed by atoms with Crippen LogP contribution in [0, 0.1) is 11.8 Å². The molecule has 11 heteroatoms. The van der Waals surface area contributed by atoms with Gasteiger partial charge in [-0.05, 0) is 43.4 Å². The fraction of sp³-hybridized carbons (Fsp3) is 0.542. The number of hydrogen-bond acceptors (Lipinski definition) is 7. The molecule has 192 valence electrons. The van der Waals surface area contributed by atoms with Crippen LogP contribution < -0.4 is 20.7 Å². The average molecular weight is 507 g/mol. The number of ether oxygens (including phenoxy) is 1. The predicted octanol–water partition coefficient (Wildman–Crippen LogP) is 0.943. The van der Waals surface area contributed by atoms with Crippen molar-refractivity contribution in [1.29, 1.82) is 0 Å². The molecule has 0 spiro atoms. The molecule has 4 atom stereocenters. The first kappa shape index (κ1) is 26.8. The minimum Gasteiger partial charge on any atom is -0.496 e. The molecule has 1 aromatic heterocycles. The molecule has 6 N–H and O–H groups in total. The van der Waals surface area contributed by atoms with Gasteiger partial charge >= 0.3 is 0 Å². The Morgan fingerprint density at radius 1 is 1.31 bits per heavy atom. The van der Waals surface area contributed by atoms with Crippen LogP contribution in [0.5, 0.6) is 5.75 Å². The highest BCUT2D eigenvalue weighted by Gasteiger charge is 2.39. The van der Waals surface area contributed by atoms with Gasteiger partial charge in [0.1, 0.15) is 17.5 Å². The molecular formula is C24H34N4O6S. The molecule has 1 saturated heterocycles. The third-order valence-electron chi connectivity index (χ3n) is 6.21. The molecule has 2 aromatic rings. The van der Waals surface area contributed by atoms with Crippen LogP contribution in [0.4, 0.5) is 0 Å². The Balaban J connectivity index is 1.78. The fourth-order valence-corrected chi connectivity index (χ4v) is 4.44. The van der Waals surface area contributed by atoms with E-state index in [2.05, 4.69) is 33.6 Å². The van der Waals surface area contributed by atoms with Crippen molar-refractivity contribution in [2.75, 3.05) is 20.3 Å². The molecule has 0 radical (unpaired) electrons. The van der Waals surface area contributed by atoms with Crippen LogP contribution in [0.2, 0.25) is 0 Å². The van der Waals surface area contributed by atoms with Gasteiger partial charge in [-0.2, -0.15) is 0 Å². The van der Waals surface area contributed by atoms with Gasteiger partial charge in [0.05, 0.1) is 19.8 Å². The van der Waals surface area contributed by atoms with Gasteiger partial charge in [-0.25, -0.2) is 0 Å². The first-order chi connectivity index (χ1) is 16.6. The second kappa shape index (κ2) is 11.3. The van der Waals surface area contributed by atoms with Gasteiger partial charge in [0.2, 0.25) is 11.8 Å². The average Bonchev–Trinajstić information content (AvgIpc) is 3.43. The van der Waals surface area contributed by atoms with Crippen molar-refractivity contribution in [2.45, 2.75) is 50.1 Å². The summed E-state index contributed by atoms with van der Waals surface area (Å²) >= 11 is 4.13. The van der Waals surface area contributed by atoms with Gasteiger partial charge in [0, 0.05) is 23.4 Å². The molecule has 1 aliphatic rings. The molecule has 0 bridgehead atoms. The van der Waals surface area contributed by atoms with Crippen molar-refractivity contribution in [3.8, 4) is 5.75 Å². The molecule has 1 aromatic carbocycles. The van der Waals surface area contributed by atoms with Gasteiger partial charge in [0.15, 0.2) is 4.93 Å². The van der Waals surface area contributed by atoms with Crippen LogP contribution in [0.1, 0.15) is 43.6 Å². The van der Waals surface area contributed by atoms with Gasteiger partial charge in [-0.15, -0.1) is 12.6 Å². The Kier molecular flexibility index (Phi) is 8.68. The highest BCUT2D eigenvalue weighted by Crippen LogP contribution is 2.27. The zero-order chi connectivity index (χ0) is 25.8. The lowest BCUT2D eigenvalue weighted by Crippen LogP contribution is -2.57. The van der Waals surface area contributed by atoms with E-state index in [1.807, 2.05) is 19.9 Å². The molecule has 3 rings (SSSR count). The molecule has 35 heavy (non-hydrogen) atoms. The highest BCUT2D eigenvalue weighted by molar-refractivity contribution is 7.81. The SMILES string of the molecule is COc1cccc2[nH]c(C(=O)N[C@H](CC(C)C)C(=O)N[C@@H](C[C@H]3CCNC3=O)[C@@](O)(S)CO)cc12. The van der Waals surface area contributed by atoms with Crippen LogP contribution >= 0.6 is 12.6 Å². The molecule has 2 heterocycles. The molecule has 0 unspecified atom stereocenters. The number of thiol groups is 1. The fourth-order valence-electron chi connectivity index (χ4n) is 4.27. The van der Waals surface area contributed by atoms with E-state index in [1.165, 1.54) is 0 Å². The number of aliphatic hydroxyl groups is 2. The molecular weight excluding hydrogens is 472 g/mol. The number of benzene rings is 1. The van der Waals surface area contributed by atoms with E-state index in [-0.39, 0.29) is 23.9 Å². The number of hydrogen-bond donors (Lipinski definition) is 7. The maximum absolute atomic E-state index is 13.3. The second-order valence-corrected chi connectivity index (χ2v) is 10.1. The molecule has 1 fully saturated rings. The number of nitrogens with one attached hydrogen (secondary N) is 4. The Morgan fingerprint density at radius 3 is 2.66 bits per heavy atom. The van der Waals surface area contributed by atoms with Gasteiger partial charge in [-0.1, -0.05) is 19.9 Å². The number of rotatable bonds is 11. The van der Waals surface area contributed by atoms with Crippen molar-refractivity contribution in [3.63, 3.8) is 0 Å². The number of fused-ring (bicyclic) bond motifs is 1. The van der Waals surface area contributed by atoms with E-state index in [9.17, 15) is 24.6 Å². The summed E-state index contributed by atoms with van der Waals surface area (Å²) in [6.07, 6.45) is 0.987. The number of carbonyl (C=O) groups excluding carboxylic acids is 3. The highest BCUT2D eigenvalue weighted by atomic mass is 32.1. The zero-order valence-corrected chi connectivity index (χ0v) is 21.0. The standard InChI is InChI=1S/C24H34N4O6S/c1-13(2)9-17(27-22(31)18-11-15-16(26-18)5-4-6-19(15)34-3)23(32)28-20(24(33,35)12-29)10-14-7-8-25-21(14)30/h4-6,11,13-14,17,20,26,29,33,35H,7-10,12H2,1-3H3,(H,25,30)(H,27,31)(H,28,32)/t14-,17-,20+,24+/m1/s1. The predicted molar refractivity (Wildman–Crippen MR) is 134 cm³/mol. The molecule has 0 aliphatic carbocycles. The summed E-state index contributed by atoms with van der Waals surface area (Å²) in [5.41, 5.74) is 0.989. The van der Waals surface area contributed by atoms with E-state index in [0.717, 1.165) is 10.9 Å². The Bertz CT molecular complexity index is 1070. The lowest BCUT2D eigenvalue weighted by atomic mass is 9.94. The smallest absolute Gasteiger partial charge is 0.268 e. The second-order valence-electron chi connectivity index (χ2n) is 9.37. The summed E-state index contributed by atoms with van der Waals surface area (Å²) in [6.45, 7) is 3.62. The minimum absolute atomic E-state index is 0.0700. The van der Waals surface area contributed by atoms with E-state index < -0.39 is 41.4 Å². The van der Waals surface area contributed by atoms with E-state index >= 15 is 0 Å². The van der Waals surface area contributed by atoms with Crippen LogP contribution in [-0.4, -0.2) is 70.2 Å². The molecule has 1 aliphatic heterocycles. The van der Waals surface area contributed by atoms with Crippen LogP contribution in [0.15, 0.2) is 24.3 Å². The lowest BCUT2D eigenvalue weighted by Gasteiger charge is -2.33. The summed E-state index contributed by atoms with van der Waals surface area (Å²) in [6, 6.07) is 5.14. The topological polar surface area (TPSA) is 153 Å². The number of amides is 3. The molecule has 3 amide bonds. The van der Waals surface area contributed by atoms with Gasteiger partial charge in [0.25, 0.3) is 5.91 Å². The summed E-state index contributed by atoms with van der Waals surface area (Å²) in [7, 11) is 1.55. The quantitative estimate of drug-likeness (QED) is 0.178. The van der Waals surface area contributed by atoms with E-state index in [1.54, 1.807) is 25.3 Å². The minimum atomic E-state index is -1.95. The van der Waals surface area contributed by atoms with Crippen LogP contribution in [0.3, 0.4) is 0 Å². The molecule has 10 nitrogen and oxygen atoms in total. The largest absolute Gasteiger partial charge is 0.496 e. The number of aromatic nitrogens is 1. The van der Waals surface area contributed by atoms with Crippen molar-refractivity contribution >= 4 is 41.3 Å².